The van der Waals surface area contributed by atoms with Crippen LogP contribution in [0, 0.1) is 15.9 Å². The van der Waals surface area contributed by atoms with Gasteiger partial charge < -0.3 is 5.73 Å². The molecule has 0 fully saturated rings. The minimum Gasteiger partial charge on any atom is -0.366 e. The molecule has 0 aliphatic heterocycles. The third-order valence-corrected chi connectivity index (χ3v) is 5.42. The van der Waals surface area contributed by atoms with Crippen LogP contribution in [0.25, 0.3) is 11.1 Å². The van der Waals surface area contributed by atoms with Crippen LogP contribution in [0.4, 0.5) is 62.8 Å². The highest BCUT2D eigenvalue weighted by atomic mass is 79.9. The lowest BCUT2D eigenvalue weighted by Gasteiger charge is -2.32. The lowest BCUT2D eigenvalue weighted by atomic mass is 9.86. The van der Waals surface area contributed by atoms with Crippen LogP contribution in [-0.4, -0.2) is 29.4 Å². The monoisotopic (exact) mass is 624 g/mol. The Balaban J connectivity index is 3.20. The first-order valence-corrected chi connectivity index (χ1v) is 9.59. The fourth-order valence-corrected chi connectivity index (χ4v) is 3.78. The molecule has 0 spiro atoms. The quantitative estimate of drug-likeness (QED) is 0.217. The van der Waals surface area contributed by atoms with Gasteiger partial charge in [0.05, 0.1) is 16.1 Å². The predicted molar refractivity (Wildman–Crippen MR) is 99.6 cm³/mol. The van der Waals surface area contributed by atoms with E-state index in [9.17, 15) is 72.0 Å². The highest BCUT2D eigenvalue weighted by Crippen LogP contribution is 2.57. The number of alkyl halides is 12. The summed E-state index contributed by atoms with van der Waals surface area (Å²) in [6.07, 6.45) is -20.7. The van der Waals surface area contributed by atoms with Crippen molar-refractivity contribution in [2.24, 2.45) is 5.73 Å². The molecule has 0 radical (unpaired) electrons. The van der Waals surface area contributed by atoms with Crippen molar-refractivity contribution in [2.45, 2.75) is 30.1 Å². The molecule has 0 atom stereocenters. The largest absolute Gasteiger partial charge is 0.458 e. The molecule has 2 aromatic carbocycles. The summed E-state index contributed by atoms with van der Waals surface area (Å²) >= 11 is 2.14. The molecule has 1 amide bonds. The number of benzene rings is 2. The van der Waals surface area contributed by atoms with E-state index in [0.717, 1.165) is 0 Å². The SMILES string of the molecule is NC(=O)c1ccc(-c2c(Br)cc(C(F)(C(F)(F)F)C(F)(F)F)cc2C(F)(F)C(F)(F)F)c([N+](=O)[O-])c1F. The van der Waals surface area contributed by atoms with Gasteiger partial charge in [0.25, 0.3) is 5.91 Å². The Morgan fingerprint density at radius 1 is 0.865 bits per heavy atom. The number of hydrogen-bond acceptors (Lipinski definition) is 3. The minimum absolute atomic E-state index is 0.188. The van der Waals surface area contributed by atoms with E-state index in [1.807, 2.05) is 0 Å². The van der Waals surface area contributed by atoms with Gasteiger partial charge in [0.1, 0.15) is 0 Å². The van der Waals surface area contributed by atoms with E-state index in [2.05, 4.69) is 15.9 Å². The number of nitro benzene ring substituents is 1. The predicted octanol–water partition coefficient (Wildman–Crippen LogP) is 7.21. The molecular weight excluding hydrogens is 619 g/mol. The van der Waals surface area contributed by atoms with Gasteiger partial charge in [0, 0.05) is 21.2 Å². The van der Waals surface area contributed by atoms with Gasteiger partial charge in [-0.25, -0.2) is 4.39 Å². The summed E-state index contributed by atoms with van der Waals surface area (Å²) in [5.41, 5.74) is -14.0. The van der Waals surface area contributed by atoms with Gasteiger partial charge in [-0.1, -0.05) is 15.9 Å². The summed E-state index contributed by atoms with van der Waals surface area (Å²) in [4.78, 5) is 20.9. The van der Waals surface area contributed by atoms with Crippen molar-refractivity contribution in [3.63, 3.8) is 0 Å². The Labute approximate surface area is 203 Å². The van der Waals surface area contributed by atoms with Gasteiger partial charge in [-0.05, 0) is 24.3 Å². The van der Waals surface area contributed by atoms with Crippen molar-refractivity contribution in [3.8, 4) is 11.1 Å². The summed E-state index contributed by atoms with van der Waals surface area (Å²) in [7, 11) is 0. The standard InChI is InChI=1S/C18H6BrF13N2O3/c19-9-4-5(14(21,16(24,25)26)17(27,28)29)3-8(15(22,23)18(30,31)32)10(9)6-1-2-7(13(33)35)11(20)12(6)34(36)37/h1-4H,(H2,33,35). The van der Waals surface area contributed by atoms with Crippen molar-refractivity contribution in [1.29, 1.82) is 0 Å². The Kier molecular flexibility index (Phi) is 7.34. The first-order chi connectivity index (χ1) is 16.4. The number of nitrogens with zero attached hydrogens (tertiary/aromatic N) is 1. The summed E-state index contributed by atoms with van der Waals surface area (Å²) < 4.78 is 175. The molecule has 0 heterocycles. The summed E-state index contributed by atoms with van der Waals surface area (Å²) in [5, 5.41) is 11.4. The average Bonchev–Trinajstić information content (AvgIpc) is 2.69. The highest BCUT2D eigenvalue weighted by Gasteiger charge is 2.74. The van der Waals surface area contributed by atoms with Crippen LogP contribution >= 0.6 is 15.9 Å². The zero-order valence-electron chi connectivity index (χ0n) is 16.9. The smallest absolute Gasteiger partial charge is 0.366 e. The van der Waals surface area contributed by atoms with Crippen molar-refractivity contribution in [2.75, 3.05) is 0 Å². The maximum absolute atomic E-state index is 14.6. The van der Waals surface area contributed by atoms with Crippen LogP contribution in [0.2, 0.25) is 0 Å². The van der Waals surface area contributed by atoms with E-state index >= 15 is 0 Å². The molecule has 0 aliphatic rings. The van der Waals surface area contributed by atoms with E-state index in [1.54, 1.807) is 0 Å². The lowest BCUT2D eigenvalue weighted by Crippen LogP contribution is -2.50. The normalized spacial score (nSPS) is 13.6. The first-order valence-electron chi connectivity index (χ1n) is 8.79. The topological polar surface area (TPSA) is 86.2 Å². The molecular formula is C18H6BrF13N2O3. The van der Waals surface area contributed by atoms with Crippen molar-refractivity contribution in [1.82, 2.24) is 0 Å². The van der Waals surface area contributed by atoms with Gasteiger partial charge >= 0.3 is 35.8 Å². The molecule has 0 bridgehead atoms. The molecule has 0 aliphatic carbocycles. The van der Waals surface area contributed by atoms with Gasteiger partial charge in [-0.15, -0.1) is 0 Å². The molecule has 0 saturated carbocycles. The summed E-state index contributed by atoms with van der Waals surface area (Å²) in [6.45, 7) is 0. The third kappa shape index (κ3) is 4.79. The number of halogens is 14. The molecule has 0 aromatic heterocycles. The molecule has 0 unspecified atom stereocenters. The van der Waals surface area contributed by atoms with E-state index in [-0.39, 0.29) is 12.1 Å². The van der Waals surface area contributed by atoms with Gasteiger partial charge in [0.15, 0.2) is 0 Å². The first kappa shape index (κ1) is 30.1. The second-order valence-corrected chi connectivity index (χ2v) is 7.91. The van der Waals surface area contributed by atoms with E-state index in [4.69, 9.17) is 5.73 Å². The Morgan fingerprint density at radius 2 is 1.35 bits per heavy atom. The van der Waals surface area contributed by atoms with Crippen LogP contribution in [0.15, 0.2) is 28.7 Å². The number of rotatable bonds is 5. The number of nitro groups is 1. The number of carbonyl (C=O) groups excluding carboxylic acids is 1. The van der Waals surface area contributed by atoms with Gasteiger partial charge in [-0.2, -0.15) is 52.7 Å². The molecule has 2 rings (SSSR count). The number of hydrogen-bond donors (Lipinski definition) is 1. The highest BCUT2D eigenvalue weighted by molar-refractivity contribution is 9.10. The van der Waals surface area contributed by atoms with Crippen LogP contribution in [-0.2, 0) is 11.6 Å². The molecule has 0 saturated heterocycles. The van der Waals surface area contributed by atoms with Crippen LogP contribution in [0.5, 0.6) is 0 Å². The molecule has 5 nitrogen and oxygen atoms in total. The maximum atomic E-state index is 14.6. The van der Waals surface area contributed by atoms with Crippen LogP contribution in [0.3, 0.4) is 0 Å². The molecule has 2 N–H and O–H groups in total. The summed E-state index contributed by atoms with van der Waals surface area (Å²) in [5.74, 6) is -10.2. The molecule has 19 heteroatoms. The maximum Gasteiger partial charge on any atom is 0.458 e. The van der Waals surface area contributed by atoms with Crippen LogP contribution in [0.1, 0.15) is 21.5 Å². The Hall–Kier alpha value is -3.12. The third-order valence-electron chi connectivity index (χ3n) is 4.80. The fraction of sp³-hybridized carbons (Fsp3) is 0.278. The Bertz CT molecular complexity index is 1260. The average molecular weight is 625 g/mol. The number of primary amides is 1. The van der Waals surface area contributed by atoms with E-state index < -0.39 is 96.9 Å². The van der Waals surface area contributed by atoms with Gasteiger partial charge in [0.2, 0.25) is 5.82 Å². The zero-order chi connectivity index (χ0) is 29.1. The minimum atomic E-state index is -6.95. The number of nitrogens with two attached hydrogens (primary N) is 1. The second-order valence-electron chi connectivity index (χ2n) is 7.05. The van der Waals surface area contributed by atoms with Gasteiger partial charge in [-0.3, -0.25) is 14.9 Å². The zero-order valence-corrected chi connectivity index (χ0v) is 18.4. The lowest BCUT2D eigenvalue weighted by molar-refractivity contribution is -0.386. The Morgan fingerprint density at radius 3 is 1.73 bits per heavy atom. The van der Waals surface area contributed by atoms with Crippen molar-refractivity contribution >= 4 is 27.5 Å². The summed E-state index contributed by atoms with van der Waals surface area (Å²) in [6, 6.07) is -1.19. The second kappa shape index (κ2) is 9.02. The molecule has 2 aromatic rings. The molecule has 37 heavy (non-hydrogen) atoms. The number of carbonyl (C=O) groups is 1. The van der Waals surface area contributed by atoms with Crippen molar-refractivity contribution in [3.05, 3.63) is 61.4 Å². The van der Waals surface area contributed by atoms with Crippen LogP contribution < -0.4 is 5.73 Å². The number of amides is 1. The van der Waals surface area contributed by atoms with E-state index in [1.165, 1.54) is 0 Å². The fourth-order valence-electron chi connectivity index (χ4n) is 3.10. The molecule has 204 valence electrons. The van der Waals surface area contributed by atoms with Crippen molar-refractivity contribution < 1.29 is 66.8 Å². The van der Waals surface area contributed by atoms with E-state index in [0.29, 0.717) is 0 Å².